The van der Waals surface area contributed by atoms with Crippen molar-refractivity contribution in [3.63, 3.8) is 0 Å². The molecule has 0 spiro atoms. The summed E-state index contributed by atoms with van der Waals surface area (Å²) < 4.78 is 11.5. The minimum atomic E-state index is -0.745. The summed E-state index contributed by atoms with van der Waals surface area (Å²) in [5.41, 5.74) is 1.42. The fourth-order valence-electron chi connectivity index (χ4n) is 2.47. The van der Waals surface area contributed by atoms with Gasteiger partial charge in [0.25, 0.3) is 5.70 Å². The second kappa shape index (κ2) is 8.15. The number of rotatable bonds is 4. The smallest absolute Gasteiger partial charge is 0.291 e. The highest BCUT2D eigenvalue weighted by Gasteiger charge is 2.34. The van der Waals surface area contributed by atoms with Crippen LogP contribution in [0.3, 0.4) is 0 Å². The van der Waals surface area contributed by atoms with E-state index in [1.807, 2.05) is 51.1 Å². The Morgan fingerprint density at radius 2 is 1.83 bits per heavy atom. The highest BCUT2D eigenvalue weighted by atomic mass is 16.6. The average molecular weight is 327 g/mol. The molecule has 5 heteroatoms. The van der Waals surface area contributed by atoms with Crippen molar-refractivity contribution < 1.29 is 14.4 Å². The molecule has 3 rings (SSSR count). The summed E-state index contributed by atoms with van der Waals surface area (Å²) in [5, 5.41) is 11.4. The molecule has 24 heavy (non-hydrogen) atoms. The summed E-state index contributed by atoms with van der Waals surface area (Å²) in [6.45, 7) is 6.39. The zero-order valence-electron chi connectivity index (χ0n) is 14.1. The Morgan fingerprint density at radius 3 is 2.46 bits per heavy atom. The Kier molecular flexibility index (Phi) is 5.95. The van der Waals surface area contributed by atoms with Crippen LogP contribution in [-0.4, -0.2) is 11.5 Å². The van der Waals surface area contributed by atoms with Gasteiger partial charge in [-0.25, -0.2) is 0 Å². The Bertz CT molecular complexity index is 725. The van der Waals surface area contributed by atoms with Crippen LogP contribution in [0.15, 0.2) is 54.2 Å². The zero-order chi connectivity index (χ0) is 17.5. The van der Waals surface area contributed by atoms with Gasteiger partial charge in [0.1, 0.15) is 0 Å². The highest BCUT2D eigenvalue weighted by molar-refractivity contribution is 5.66. The third kappa shape index (κ3) is 3.56. The summed E-state index contributed by atoms with van der Waals surface area (Å²) in [4.78, 5) is 11.0. The maximum Gasteiger partial charge on any atom is 0.291 e. The van der Waals surface area contributed by atoms with E-state index in [1.54, 1.807) is 24.3 Å². The largest absolute Gasteiger partial charge is 0.490 e. The molecule has 1 unspecified atom stereocenters. The van der Waals surface area contributed by atoms with Crippen molar-refractivity contribution in [3.8, 4) is 11.5 Å². The molecule has 0 radical (unpaired) electrons. The Balaban J connectivity index is 0.00000100. The van der Waals surface area contributed by atoms with E-state index in [4.69, 9.17) is 9.47 Å². The van der Waals surface area contributed by atoms with Crippen LogP contribution in [0, 0.1) is 10.1 Å². The quantitative estimate of drug-likeness (QED) is 0.594. The Morgan fingerprint density at radius 1 is 1.12 bits per heavy atom. The molecule has 0 amide bonds. The molecule has 0 N–H and O–H groups in total. The molecule has 2 aromatic carbocycles. The molecule has 1 aliphatic rings. The van der Waals surface area contributed by atoms with E-state index < -0.39 is 11.0 Å². The fourth-order valence-corrected chi connectivity index (χ4v) is 2.47. The average Bonchev–Trinajstić information content (AvgIpc) is 2.63. The van der Waals surface area contributed by atoms with Gasteiger partial charge in [0.2, 0.25) is 6.10 Å². The number of nitro groups is 1. The number of para-hydroxylation sites is 1. The van der Waals surface area contributed by atoms with Crippen LogP contribution in [-0.2, 0) is 0 Å². The first kappa shape index (κ1) is 17.5. The van der Waals surface area contributed by atoms with Gasteiger partial charge in [-0.3, -0.25) is 10.1 Å². The topological polar surface area (TPSA) is 61.6 Å². The lowest BCUT2D eigenvalue weighted by atomic mass is 10.0. The first-order valence-electron chi connectivity index (χ1n) is 8.04. The molecular formula is C19H21NO4. The van der Waals surface area contributed by atoms with Gasteiger partial charge >= 0.3 is 0 Å². The summed E-state index contributed by atoms with van der Waals surface area (Å²) in [7, 11) is 0. The maximum absolute atomic E-state index is 11.4. The first-order valence-corrected chi connectivity index (χ1v) is 8.04. The van der Waals surface area contributed by atoms with Crippen molar-refractivity contribution in [2.75, 3.05) is 6.61 Å². The first-order chi connectivity index (χ1) is 11.7. The van der Waals surface area contributed by atoms with Gasteiger partial charge in [-0.05, 0) is 13.0 Å². The van der Waals surface area contributed by atoms with E-state index in [2.05, 4.69) is 0 Å². The van der Waals surface area contributed by atoms with Crippen LogP contribution < -0.4 is 9.47 Å². The lowest BCUT2D eigenvalue weighted by Gasteiger charge is -2.24. The van der Waals surface area contributed by atoms with E-state index in [1.165, 1.54) is 0 Å². The van der Waals surface area contributed by atoms with Crippen molar-refractivity contribution in [1.82, 2.24) is 0 Å². The molecule has 0 aliphatic carbocycles. The molecular weight excluding hydrogens is 306 g/mol. The number of hydrogen-bond donors (Lipinski definition) is 0. The predicted molar refractivity (Wildman–Crippen MR) is 93.7 cm³/mol. The summed E-state index contributed by atoms with van der Waals surface area (Å²) in [6, 6.07) is 14.5. The van der Waals surface area contributed by atoms with E-state index in [0.717, 1.165) is 5.56 Å². The molecule has 126 valence electrons. The SMILES string of the molecule is CC.CCOc1cccc2c1OC(c1ccccc1)C([N+](=O)[O-])=C2. The van der Waals surface area contributed by atoms with Gasteiger partial charge in [-0.2, -0.15) is 0 Å². The molecule has 1 atom stereocenters. The minimum Gasteiger partial charge on any atom is -0.490 e. The zero-order valence-corrected chi connectivity index (χ0v) is 14.1. The van der Waals surface area contributed by atoms with Gasteiger partial charge in [-0.1, -0.05) is 56.3 Å². The van der Waals surface area contributed by atoms with Gasteiger partial charge in [0.05, 0.1) is 11.5 Å². The third-order valence-electron chi connectivity index (χ3n) is 3.43. The van der Waals surface area contributed by atoms with Gasteiger partial charge < -0.3 is 9.47 Å². The van der Waals surface area contributed by atoms with Crippen molar-refractivity contribution in [2.24, 2.45) is 0 Å². The standard InChI is InChI=1S/C17H15NO4.C2H6/c1-2-21-15-10-6-9-13-11-14(18(19)20)16(22-17(13)15)12-7-4-3-5-8-12;1-2/h3-11,16H,2H2,1H3;1-2H3. The third-order valence-corrected chi connectivity index (χ3v) is 3.43. The monoisotopic (exact) mass is 327 g/mol. The second-order valence-electron chi connectivity index (χ2n) is 4.84. The van der Waals surface area contributed by atoms with Crippen molar-refractivity contribution >= 4 is 6.08 Å². The number of ether oxygens (including phenoxy) is 2. The van der Waals surface area contributed by atoms with Crippen molar-refractivity contribution in [1.29, 1.82) is 0 Å². The van der Waals surface area contributed by atoms with Crippen molar-refractivity contribution in [3.05, 3.63) is 75.5 Å². The second-order valence-corrected chi connectivity index (χ2v) is 4.84. The molecule has 0 aromatic heterocycles. The van der Waals surface area contributed by atoms with Crippen LogP contribution in [0.1, 0.15) is 38.0 Å². The lowest BCUT2D eigenvalue weighted by Crippen LogP contribution is -2.20. The van der Waals surface area contributed by atoms with Gasteiger partial charge in [0, 0.05) is 17.2 Å². The van der Waals surface area contributed by atoms with Crippen LogP contribution in [0.5, 0.6) is 11.5 Å². The Labute approximate surface area is 141 Å². The predicted octanol–water partition coefficient (Wildman–Crippen LogP) is 4.86. The minimum absolute atomic E-state index is 0.0207. The van der Waals surface area contributed by atoms with E-state index in [0.29, 0.717) is 23.7 Å². The molecule has 5 nitrogen and oxygen atoms in total. The Hall–Kier alpha value is -2.82. The molecule has 1 aliphatic heterocycles. The van der Waals surface area contributed by atoms with Crippen LogP contribution >= 0.6 is 0 Å². The number of hydrogen-bond acceptors (Lipinski definition) is 4. The van der Waals surface area contributed by atoms with E-state index in [9.17, 15) is 10.1 Å². The van der Waals surface area contributed by atoms with Crippen molar-refractivity contribution in [2.45, 2.75) is 26.9 Å². The van der Waals surface area contributed by atoms with Crippen LogP contribution in [0.4, 0.5) is 0 Å². The molecule has 0 saturated carbocycles. The van der Waals surface area contributed by atoms with Crippen LogP contribution in [0.25, 0.3) is 6.08 Å². The van der Waals surface area contributed by atoms with Gasteiger partial charge in [0.15, 0.2) is 11.5 Å². The van der Waals surface area contributed by atoms with E-state index >= 15 is 0 Å². The van der Waals surface area contributed by atoms with Gasteiger partial charge in [-0.15, -0.1) is 0 Å². The maximum atomic E-state index is 11.4. The molecule has 0 bridgehead atoms. The van der Waals surface area contributed by atoms with E-state index in [-0.39, 0.29) is 5.70 Å². The molecule has 0 fully saturated rings. The van der Waals surface area contributed by atoms with Crippen LogP contribution in [0.2, 0.25) is 0 Å². The number of benzene rings is 2. The highest BCUT2D eigenvalue weighted by Crippen LogP contribution is 2.42. The fraction of sp³-hybridized carbons (Fsp3) is 0.263. The molecule has 0 saturated heterocycles. The molecule has 2 aromatic rings. The number of nitrogens with zero attached hydrogens (tertiary/aromatic N) is 1. The lowest BCUT2D eigenvalue weighted by molar-refractivity contribution is -0.434. The summed E-state index contributed by atoms with van der Waals surface area (Å²) >= 11 is 0. The normalized spacial score (nSPS) is 15.1. The number of fused-ring (bicyclic) bond motifs is 1. The summed E-state index contributed by atoms with van der Waals surface area (Å²) in [6.07, 6.45) is 0.809. The summed E-state index contributed by atoms with van der Waals surface area (Å²) in [5.74, 6) is 1.14. The molecule has 1 heterocycles.